The summed E-state index contributed by atoms with van der Waals surface area (Å²) in [6.07, 6.45) is 8.32. The van der Waals surface area contributed by atoms with Crippen molar-refractivity contribution in [2.45, 2.75) is 71.4 Å². The van der Waals surface area contributed by atoms with Gasteiger partial charge in [0.25, 0.3) is 0 Å². The summed E-state index contributed by atoms with van der Waals surface area (Å²) in [5.41, 5.74) is 0. The Balaban J connectivity index is 1.94. The van der Waals surface area contributed by atoms with Crippen LogP contribution in [0.4, 0.5) is 0 Å². The molecule has 4 atom stereocenters. The summed E-state index contributed by atoms with van der Waals surface area (Å²) < 4.78 is 0. The zero-order chi connectivity index (χ0) is 13.0. The van der Waals surface area contributed by atoms with Gasteiger partial charge in [-0.2, -0.15) is 0 Å². The SMILES string of the molecule is CCCNC1CCC(CC)CC1N1CCC(C)C1. The molecule has 0 aromatic heterocycles. The smallest absolute Gasteiger partial charge is 0.0252 e. The van der Waals surface area contributed by atoms with Gasteiger partial charge in [0.15, 0.2) is 0 Å². The fourth-order valence-corrected chi connectivity index (χ4v) is 3.84. The van der Waals surface area contributed by atoms with Crippen LogP contribution in [0.5, 0.6) is 0 Å². The van der Waals surface area contributed by atoms with E-state index in [0.717, 1.165) is 23.9 Å². The van der Waals surface area contributed by atoms with Crippen molar-refractivity contribution >= 4 is 0 Å². The van der Waals surface area contributed by atoms with Gasteiger partial charge in [-0.1, -0.05) is 27.2 Å². The minimum atomic E-state index is 0.762. The molecule has 0 spiro atoms. The highest BCUT2D eigenvalue weighted by Crippen LogP contribution is 2.32. The molecule has 1 aliphatic carbocycles. The fraction of sp³-hybridized carbons (Fsp3) is 1.00. The zero-order valence-corrected chi connectivity index (χ0v) is 12.6. The van der Waals surface area contributed by atoms with Gasteiger partial charge in [-0.25, -0.2) is 0 Å². The van der Waals surface area contributed by atoms with E-state index >= 15 is 0 Å². The Morgan fingerprint density at radius 1 is 1.17 bits per heavy atom. The van der Waals surface area contributed by atoms with E-state index in [1.165, 1.54) is 58.2 Å². The maximum Gasteiger partial charge on any atom is 0.0252 e. The average Bonchev–Trinajstić information content (AvgIpc) is 2.82. The van der Waals surface area contributed by atoms with Crippen molar-refractivity contribution in [3.63, 3.8) is 0 Å². The third-order valence-corrected chi connectivity index (χ3v) is 5.08. The lowest BCUT2D eigenvalue weighted by molar-refractivity contribution is 0.114. The predicted molar refractivity (Wildman–Crippen MR) is 78.9 cm³/mol. The lowest BCUT2D eigenvalue weighted by atomic mass is 9.80. The van der Waals surface area contributed by atoms with Gasteiger partial charge in [-0.3, -0.25) is 4.90 Å². The summed E-state index contributed by atoms with van der Waals surface area (Å²) in [6, 6.07) is 1.58. The lowest BCUT2D eigenvalue weighted by Gasteiger charge is -2.41. The first-order chi connectivity index (χ1) is 8.74. The highest BCUT2D eigenvalue weighted by atomic mass is 15.2. The molecule has 1 heterocycles. The molecular weight excluding hydrogens is 220 g/mol. The first-order valence-electron chi connectivity index (χ1n) is 8.22. The van der Waals surface area contributed by atoms with Gasteiger partial charge in [-0.15, -0.1) is 0 Å². The summed E-state index contributed by atoms with van der Waals surface area (Å²) >= 11 is 0. The fourth-order valence-electron chi connectivity index (χ4n) is 3.84. The van der Waals surface area contributed by atoms with Crippen LogP contribution in [-0.2, 0) is 0 Å². The molecule has 2 aliphatic rings. The van der Waals surface area contributed by atoms with Crippen LogP contribution < -0.4 is 5.32 Å². The van der Waals surface area contributed by atoms with Crippen molar-refractivity contribution in [3.05, 3.63) is 0 Å². The van der Waals surface area contributed by atoms with E-state index in [1.54, 1.807) is 0 Å². The van der Waals surface area contributed by atoms with Crippen LogP contribution in [0.1, 0.15) is 59.3 Å². The largest absolute Gasteiger partial charge is 0.312 e. The van der Waals surface area contributed by atoms with E-state index in [2.05, 4.69) is 31.0 Å². The second kappa shape index (κ2) is 6.91. The Kier molecular flexibility index (Phi) is 5.50. The Morgan fingerprint density at radius 3 is 2.61 bits per heavy atom. The molecule has 2 rings (SSSR count). The Hall–Kier alpha value is -0.0800. The molecule has 4 unspecified atom stereocenters. The third kappa shape index (κ3) is 3.48. The van der Waals surface area contributed by atoms with Gasteiger partial charge in [0.2, 0.25) is 0 Å². The molecule has 106 valence electrons. The average molecular weight is 252 g/mol. The molecule has 1 saturated carbocycles. The quantitative estimate of drug-likeness (QED) is 0.808. The third-order valence-electron chi connectivity index (χ3n) is 5.08. The van der Waals surface area contributed by atoms with E-state index in [4.69, 9.17) is 0 Å². The Morgan fingerprint density at radius 2 is 2.00 bits per heavy atom. The minimum Gasteiger partial charge on any atom is -0.312 e. The molecule has 2 fully saturated rings. The Labute approximate surface area is 114 Å². The first-order valence-corrected chi connectivity index (χ1v) is 8.22. The molecule has 0 bridgehead atoms. The van der Waals surface area contributed by atoms with Gasteiger partial charge >= 0.3 is 0 Å². The van der Waals surface area contributed by atoms with Crippen molar-refractivity contribution in [2.75, 3.05) is 19.6 Å². The highest BCUT2D eigenvalue weighted by molar-refractivity contribution is 4.93. The van der Waals surface area contributed by atoms with Crippen LogP contribution in [-0.4, -0.2) is 36.6 Å². The maximum absolute atomic E-state index is 3.82. The van der Waals surface area contributed by atoms with Crippen LogP contribution in [0.3, 0.4) is 0 Å². The molecule has 0 aromatic rings. The summed E-state index contributed by atoms with van der Waals surface area (Å²) in [5.74, 6) is 1.89. The molecule has 1 aliphatic heterocycles. The highest BCUT2D eigenvalue weighted by Gasteiger charge is 2.35. The number of hydrogen-bond acceptors (Lipinski definition) is 2. The summed E-state index contributed by atoms with van der Waals surface area (Å²) in [5, 5.41) is 3.82. The van der Waals surface area contributed by atoms with Crippen LogP contribution in [0.2, 0.25) is 0 Å². The molecule has 1 saturated heterocycles. The number of nitrogens with one attached hydrogen (secondary N) is 1. The van der Waals surface area contributed by atoms with Gasteiger partial charge in [0.1, 0.15) is 0 Å². The normalized spacial score (nSPS) is 38.2. The topological polar surface area (TPSA) is 15.3 Å². The number of rotatable bonds is 5. The summed E-state index contributed by atoms with van der Waals surface area (Å²) in [4.78, 5) is 2.79. The van der Waals surface area contributed by atoms with Crippen molar-refractivity contribution in [3.8, 4) is 0 Å². The summed E-state index contributed by atoms with van der Waals surface area (Å²) in [7, 11) is 0. The molecule has 0 aromatic carbocycles. The standard InChI is InChI=1S/C16H32N2/c1-4-9-17-15-7-6-14(5-2)11-16(15)18-10-8-13(3)12-18/h13-17H,4-12H2,1-3H3. The minimum absolute atomic E-state index is 0.762. The van der Waals surface area contributed by atoms with E-state index in [0.29, 0.717) is 0 Å². The van der Waals surface area contributed by atoms with Crippen molar-refractivity contribution in [1.82, 2.24) is 10.2 Å². The van der Waals surface area contributed by atoms with Gasteiger partial charge in [0.05, 0.1) is 0 Å². The van der Waals surface area contributed by atoms with E-state index in [-0.39, 0.29) is 0 Å². The zero-order valence-electron chi connectivity index (χ0n) is 12.6. The molecule has 2 nitrogen and oxygen atoms in total. The molecule has 18 heavy (non-hydrogen) atoms. The van der Waals surface area contributed by atoms with Crippen LogP contribution >= 0.6 is 0 Å². The monoisotopic (exact) mass is 252 g/mol. The van der Waals surface area contributed by atoms with E-state index < -0.39 is 0 Å². The summed E-state index contributed by atoms with van der Waals surface area (Å²) in [6.45, 7) is 10.9. The molecule has 0 radical (unpaired) electrons. The van der Waals surface area contributed by atoms with Gasteiger partial charge in [0, 0.05) is 18.6 Å². The number of likely N-dealkylation sites (tertiary alicyclic amines) is 1. The number of hydrogen-bond donors (Lipinski definition) is 1. The van der Waals surface area contributed by atoms with Crippen LogP contribution in [0, 0.1) is 11.8 Å². The van der Waals surface area contributed by atoms with Crippen molar-refractivity contribution < 1.29 is 0 Å². The first kappa shape index (κ1) is 14.3. The van der Waals surface area contributed by atoms with Gasteiger partial charge < -0.3 is 5.32 Å². The van der Waals surface area contributed by atoms with Crippen LogP contribution in [0.15, 0.2) is 0 Å². The van der Waals surface area contributed by atoms with Crippen molar-refractivity contribution in [1.29, 1.82) is 0 Å². The molecular formula is C16H32N2. The van der Waals surface area contributed by atoms with Crippen LogP contribution in [0.25, 0.3) is 0 Å². The number of nitrogens with zero attached hydrogens (tertiary/aromatic N) is 1. The molecule has 1 N–H and O–H groups in total. The second-order valence-electron chi connectivity index (χ2n) is 6.60. The molecule has 2 heteroatoms. The molecule has 0 amide bonds. The Bertz CT molecular complexity index is 241. The predicted octanol–water partition coefficient (Wildman–Crippen LogP) is 3.28. The lowest BCUT2D eigenvalue weighted by Crippen LogP contribution is -2.52. The van der Waals surface area contributed by atoms with E-state index in [9.17, 15) is 0 Å². The van der Waals surface area contributed by atoms with Crippen molar-refractivity contribution in [2.24, 2.45) is 11.8 Å². The van der Waals surface area contributed by atoms with Gasteiger partial charge in [-0.05, 0) is 57.0 Å². The second-order valence-corrected chi connectivity index (χ2v) is 6.60. The van der Waals surface area contributed by atoms with E-state index in [1.807, 2.05) is 0 Å². The maximum atomic E-state index is 3.82.